The summed E-state index contributed by atoms with van der Waals surface area (Å²) in [6.45, 7) is 3.77. The van der Waals surface area contributed by atoms with Gasteiger partial charge in [0.25, 0.3) is 0 Å². The van der Waals surface area contributed by atoms with Crippen LogP contribution in [0.3, 0.4) is 0 Å². The highest BCUT2D eigenvalue weighted by Gasteiger charge is 2.16. The van der Waals surface area contributed by atoms with E-state index in [1.165, 1.54) is 32.1 Å². The Morgan fingerprint density at radius 3 is 2.66 bits per heavy atom. The Hall–Kier alpha value is -3.85. The van der Waals surface area contributed by atoms with Gasteiger partial charge in [-0.2, -0.15) is 0 Å². The van der Waals surface area contributed by atoms with Gasteiger partial charge in [0.1, 0.15) is 18.9 Å². The summed E-state index contributed by atoms with van der Waals surface area (Å²) >= 11 is 0. The van der Waals surface area contributed by atoms with Gasteiger partial charge in [-0.1, -0.05) is 43.4 Å². The number of hydrogen-bond acceptors (Lipinski definition) is 6. The fourth-order valence-corrected chi connectivity index (χ4v) is 4.63. The molecule has 1 aromatic heterocycles. The van der Waals surface area contributed by atoms with Crippen LogP contribution < -0.4 is 14.2 Å². The molecule has 5 rings (SSSR count). The van der Waals surface area contributed by atoms with Crippen molar-refractivity contribution in [3.8, 4) is 40.2 Å². The summed E-state index contributed by atoms with van der Waals surface area (Å²) in [5.41, 5.74) is 4.75. The summed E-state index contributed by atoms with van der Waals surface area (Å²) in [4.78, 5) is 11.4. The molecular weight excluding hydrogens is 440 g/mol. The highest BCUT2D eigenvalue weighted by molar-refractivity contribution is 5.76. The van der Waals surface area contributed by atoms with Crippen LogP contribution in [0.2, 0.25) is 0 Å². The lowest BCUT2D eigenvalue weighted by Crippen LogP contribution is -2.16. The summed E-state index contributed by atoms with van der Waals surface area (Å²) in [5.74, 6) is 8.82. The molecule has 178 valence electrons. The average Bonchev–Trinajstić information content (AvgIpc) is 2.91. The Morgan fingerprint density at radius 2 is 1.83 bits per heavy atom. The van der Waals surface area contributed by atoms with E-state index in [0.717, 1.165) is 33.8 Å². The fraction of sp³-hybridized carbons (Fsp3) is 0.345. The molecule has 2 aromatic carbocycles. The molecule has 0 unspecified atom stereocenters. The van der Waals surface area contributed by atoms with Crippen LogP contribution >= 0.6 is 0 Å². The summed E-state index contributed by atoms with van der Waals surface area (Å²) in [5, 5.41) is 8.14. The van der Waals surface area contributed by atoms with Crippen molar-refractivity contribution < 1.29 is 19.0 Å². The van der Waals surface area contributed by atoms with Crippen molar-refractivity contribution in [2.45, 2.75) is 39.0 Å². The molecule has 0 saturated heterocycles. The van der Waals surface area contributed by atoms with E-state index >= 15 is 0 Å². The van der Waals surface area contributed by atoms with E-state index in [2.05, 4.69) is 35.0 Å². The van der Waals surface area contributed by atoms with Gasteiger partial charge >= 0.3 is 0 Å². The highest BCUT2D eigenvalue weighted by Crippen LogP contribution is 2.36. The van der Waals surface area contributed by atoms with Crippen LogP contribution in [0.5, 0.6) is 17.2 Å². The number of carbonyl (C=O) groups excluding carboxylic acids is 1. The Balaban J connectivity index is 1.37. The van der Waals surface area contributed by atoms with E-state index in [0.29, 0.717) is 43.5 Å². The predicted octanol–water partition coefficient (Wildman–Crippen LogP) is 5.39. The van der Waals surface area contributed by atoms with Gasteiger partial charge < -0.3 is 14.2 Å². The van der Waals surface area contributed by atoms with E-state index in [-0.39, 0.29) is 5.69 Å². The molecule has 3 aromatic rings. The molecule has 0 atom stereocenters. The van der Waals surface area contributed by atoms with E-state index in [1.807, 2.05) is 30.3 Å². The summed E-state index contributed by atoms with van der Waals surface area (Å²) < 4.78 is 17.4. The van der Waals surface area contributed by atoms with E-state index in [1.54, 1.807) is 6.07 Å². The van der Waals surface area contributed by atoms with Crippen LogP contribution in [0.1, 0.15) is 59.4 Å². The van der Waals surface area contributed by atoms with E-state index < -0.39 is 0 Å². The maximum absolute atomic E-state index is 11.4. The lowest BCUT2D eigenvalue weighted by Gasteiger charge is -2.21. The molecule has 1 saturated carbocycles. The molecule has 2 heterocycles. The minimum absolute atomic E-state index is 0.211. The molecule has 2 aliphatic rings. The zero-order valence-corrected chi connectivity index (χ0v) is 19.9. The van der Waals surface area contributed by atoms with Gasteiger partial charge in [-0.05, 0) is 66.5 Å². The highest BCUT2D eigenvalue weighted by atomic mass is 16.6. The summed E-state index contributed by atoms with van der Waals surface area (Å²) in [7, 11) is 0. The van der Waals surface area contributed by atoms with Gasteiger partial charge in [0.05, 0.1) is 6.61 Å². The molecule has 0 N–H and O–H groups in total. The second-order valence-electron chi connectivity index (χ2n) is 9.00. The maximum Gasteiger partial charge on any atom is 0.174 e. The fourth-order valence-electron chi connectivity index (χ4n) is 4.63. The molecule has 0 spiro atoms. The second-order valence-corrected chi connectivity index (χ2v) is 9.00. The van der Waals surface area contributed by atoms with Crippen molar-refractivity contribution in [2.24, 2.45) is 5.92 Å². The zero-order valence-electron chi connectivity index (χ0n) is 19.9. The molecule has 1 aliphatic heterocycles. The molecule has 0 bridgehead atoms. The second kappa shape index (κ2) is 10.6. The molecule has 6 nitrogen and oxygen atoms in total. The largest absolute Gasteiger partial charge is 0.491 e. The van der Waals surface area contributed by atoms with Gasteiger partial charge in [-0.25, -0.2) is 0 Å². The van der Waals surface area contributed by atoms with Gasteiger partial charge in [0.15, 0.2) is 29.2 Å². The Labute approximate surface area is 205 Å². The number of aldehydes is 1. The van der Waals surface area contributed by atoms with Gasteiger partial charge in [0.2, 0.25) is 0 Å². The summed E-state index contributed by atoms with van der Waals surface area (Å²) in [6, 6.07) is 13.7. The number of rotatable bonds is 5. The minimum atomic E-state index is 0.211. The molecule has 1 aliphatic carbocycles. The SMILES string of the molecule is Cc1c(C#Cc2cc(OCC3CCCCC3)c(C=O)nn2)cccc1-c1ccc2c(c1)OCCO2. The van der Waals surface area contributed by atoms with E-state index in [9.17, 15) is 4.79 Å². The monoisotopic (exact) mass is 468 g/mol. The molecule has 0 radical (unpaired) electrons. The lowest BCUT2D eigenvalue weighted by molar-refractivity contribution is 0.111. The number of carbonyl (C=O) groups is 1. The van der Waals surface area contributed by atoms with Crippen molar-refractivity contribution in [2.75, 3.05) is 19.8 Å². The van der Waals surface area contributed by atoms with Crippen LogP contribution in [-0.2, 0) is 0 Å². The number of fused-ring (bicyclic) bond motifs is 1. The van der Waals surface area contributed by atoms with Gasteiger partial charge in [0, 0.05) is 11.6 Å². The Kier molecular flexibility index (Phi) is 6.94. The predicted molar refractivity (Wildman–Crippen MR) is 133 cm³/mol. The molecule has 0 amide bonds. The lowest BCUT2D eigenvalue weighted by atomic mass is 9.90. The van der Waals surface area contributed by atoms with Crippen LogP contribution in [0.15, 0.2) is 42.5 Å². The average molecular weight is 469 g/mol. The minimum Gasteiger partial charge on any atom is -0.491 e. The Bertz CT molecular complexity index is 1290. The molecule has 1 fully saturated rings. The first-order chi connectivity index (χ1) is 17.2. The number of aromatic nitrogens is 2. The number of hydrogen-bond donors (Lipinski definition) is 0. The number of benzene rings is 2. The topological polar surface area (TPSA) is 70.5 Å². The smallest absolute Gasteiger partial charge is 0.174 e. The van der Waals surface area contributed by atoms with E-state index in [4.69, 9.17) is 14.2 Å². The van der Waals surface area contributed by atoms with Gasteiger partial charge in [-0.3, -0.25) is 4.79 Å². The van der Waals surface area contributed by atoms with Crippen LogP contribution in [0.25, 0.3) is 11.1 Å². The third-order valence-electron chi connectivity index (χ3n) is 6.61. The van der Waals surface area contributed by atoms with Crippen molar-refractivity contribution in [1.82, 2.24) is 10.2 Å². The first-order valence-corrected chi connectivity index (χ1v) is 12.2. The third kappa shape index (κ3) is 5.30. The zero-order chi connectivity index (χ0) is 24.0. The molecule has 35 heavy (non-hydrogen) atoms. The first kappa shape index (κ1) is 22.9. The maximum atomic E-state index is 11.4. The quantitative estimate of drug-likeness (QED) is 0.369. The third-order valence-corrected chi connectivity index (χ3v) is 6.61. The normalized spacial score (nSPS) is 15.1. The number of ether oxygens (including phenoxy) is 3. The van der Waals surface area contributed by atoms with Crippen molar-refractivity contribution in [3.05, 3.63) is 65.0 Å². The van der Waals surface area contributed by atoms with Gasteiger partial charge in [-0.15, -0.1) is 10.2 Å². The molecule has 6 heteroatoms. The van der Waals surface area contributed by atoms with Crippen molar-refractivity contribution in [1.29, 1.82) is 0 Å². The Morgan fingerprint density at radius 1 is 1.00 bits per heavy atom. The standard InChI is InChI=1S/C29H28N2O4/c1-20-22(8-5-9-25(20)23-11-13-27-29(16-23)34-15-14-33-27)10-12-24-17-28(26(18-32)31-30-24)35-19-21-6-3-2-4-7-21/h5,8-9,11,13,16-18,21H,2-4,6-7,14-15,19H2,1H3. The first-order valence-electron chi connectivity index (χ1n) is 12.2. The van der Waals surface area contributed by atoms with Crippen molar-refractivity contribution in [3.63, 3.8) is 0 Å². The van der Waals surface area contributed by atoms with Crippen LogP contribution in [0, 0.1) is 24.7 Å². The van der Waals surface area contributed by atoms with Crippen LogP contribution in [-0.4, -0.2) is 36.3 Å². The number of nitrogens with zero attached hydrogens (tertiary/aromatic N) is 2. The van der Waals surface area contributed by atoms with Crippen molar-refractivity contribution >= 4 is 6.29 Å². The van der Waals surface area contributed by atoms with Crippen LogP contribution in [0.4, 0.5) is 0 Å². The summed E-state index contributed by atoms with van der Waals surface area (Å²) in [6.07, 6.45) is 6.79. The molecular formula is C29H28N2O4.